The van der Waals surface area contributed by atoms with E-state index in [9.17, 15) is 9.59 Å². The van der Waals surface area contributed by atoms with Crippen LogP contribution in [0.15, 0.2) is 39.8 Å². The molecule has 2 heterocycles. The molecule has 3 aromatic rings. The summed E-state index contributed by atoms with van der Waals surface area (Å²) in [4.78, 5) is 29.4. The van der Waals surface area contributed by atoms with Crippen LogP contribution in [0.5, 0.6) is 0 Å². The normalized spacial score (nSPS) is 13.5. The number of nitrogens with one attached hydrogen (secondary N) is 1. The largest absolute Gasteiger partial charge is 0.448 e. The van der Waals surface area contributed by atoms with Crippen molar-refractivity contribution in [3.63, 3.8) is 0 Å². The van der Waals surface area contributed by atoms with Crippen LogP contribution in [0.3, 0.4) is 0 Å². The molecule has 8 heteroatoms. The number of nitrogens with zero attached hydrogens (tertiary/aromatic N) is 2. The lowest BCUT2D eigenvalue weighted by atomic mass is 9.91. The standard InChI is InChI=1S/C19H24N4O3.ClH/c1-12(2)8-19(3,10-20)22-15(24)9-23-11-21-16-13-6-4-5-7-14(13)26-17(16)18(23)25;/h4-7,11-12H,8-10,20H2,1-3H3,(H,22,24);1H. The van der Waals surface area contributed by atoms with Gasteiger partial charge in [0.25, 0.3) is 5.56 Å². The van der Waals surface area contributed by atoms with Gasteiger partial charge in [0, 0.05) is 17.5 Å². The SMILES string of the molecule is CC(C)CC(C)(CN)NC(=O)Cn1cnc2c(oc3ccccc32)c1=O.Cl. The van der Waals surface area contributed by atoms with E-state index in [4.69, 9.17) is 10.2 Å². The van der Waals surface area contributed by atoms with Crippen LogP contribution in [0.25, 0.3) is 22.1 Å². The van der Waals surface area contributed by atoms with E-state index < -0.39 is 5.54 Å². The Balaban J connectivity index is 0.00000261. The van der Waals surface area contributed by atoms with Crippen LogP contribution in [-0.2, 0) is 11.3 Å². The van der Waals surface area contributed by atoms with Gasteiger partial charge >= 0.3 is 0 Å². The molecule has 3 N–H and O–H groups in total. The highest BCUT2D eigenvalue weighted by Gasteiger charge is 2.26. The number of benzene rings is 1. The first kappa shape index (κ1) is 20.9. The highest BCUT2D eigenvalue weighted by atomic mass is 35.5. The number of amides is 1. The van der Waals surface area contributed by atoms with Gasteiger partial charge in [-0.1, -0.05) is 26.0 Å². The average Bonchev–Trinajstić information content (AvgIpc) is 2.96. The second-order valence-corrected chi connectivity index (χ2v) is 7.36. The Bertz CT molecular complexity index is 1010. The van der Waals surface area contributed by atoms with Crippen molar-refractivity contribution in [2.24, 2.45) is 11.7 Å². The van der Waals surface area contributed by atoms with Crippen molar-refractivity contribution in [2.45, 2.75) is 39.3 Å². The zero-order valence-electron chi connectivity index (χ0n) is 15.7. The second-order valence-electron chi connectivity index (χ2n) is 7.36. The van der Waals surface area contributed by atoms with Crippen molar-refractivity contribution in [3.8, 4) is 0 Å². The van der Waals surface area contributed by atoms with Crippen LogP contribution >= 0.6 is 12.4 Å². The molecule has 1 atom stereocenters. The van der Waals surface area contributed by atoms with E-state index in [2.05, 4.69) is 24.1 Å². The van der Waals surface area contributed by atoms with Crippen LogP contribution in [0.2, 0.25) is 0 Å². The summed E-state index contributed by atoms with van der Waals surface area (Å²) in [6.07, 6.45) is 2.14. The van der Waals surface area contributed by atoms with Gasteiger partial charge in [-0.25, -0.2) is 4.98 Å². The highest BCUT2D eigenvalue weighted by Crippen LogP contribution is 2.24. The zero-order valence-corrected chi connectivity index (χ0v) is 16.5. The van der Waals surface area contributed by atoms with Crippen molar-refractivity contribution in [2.75, 3.05) is 6.54 Å². The van der Waals surface area contributed by atoms with Gasteiger partial charge in [-0.2, -0.15) is 0 Å². The van der Waals surface area contributed by atoms with E-state index in [1.807, 2.05) is 25.1 Å². The number of hydrogen-bond acceptors (Lipinski definition) is 5. The number of fused-ring (bicyclic) bond motifs is 3. The van der Waals surface area contributed by atoms with Gasteiger partial charge in [-0.15, -0.1) is 12.4 Å². The Labute approximate surface area is 163 Å². The first-order valence-electron chi connectivity index (χ1n) is 8.71. The van der Waals surface area contributed by atoms with E-state index in [1.165, 1.54) is 10.9 Å². The van der Waals surface area contributed by atoms with Crippen molar-refractivity contribution in [1.29, 1.82) is 0 Å². The fourth-order valence-corrected chi connectivity index (χ4v) is 3.35. The minimum absolute atomic E-state index is 0. The molecule has 7 nitrogen and oxygen atoms in total. The lowest BCUT2D eigenvalue weighted by molar-refractivity contribution is -0.123. The average molecular weight is 393 g/mol. The summed E-state index contributed by atoms with van der Waals surface area (Å²) < 4.78 is 6.89. The monoisotopic (exact) mass is 392 g/mol. The van der Waals surface area contributed by atoms with E-state index in [-0.39, 0.29) is 36.0 Å². The smallest absolute Gasteiger partial charge is 0.297 e. The summed E-state index contributed by atoms with van der Waals surface area (Å²) in [5.74, 6) is 0.109. The van der Waals surface area contributed by atoms with Gasteiger partial charge in [-0.3, -0.25) is 14.2 Å². The summed E-state index contributed by atoms with van der Waals surface area (Å²) in [5.41, 5.74) is 6.22. The second kappa shape index (κ2) is 8.10. The molecule has 146 valence electrons. The molecule has 2 aromatic heterocycles. The Morgan fingerprint density at radius 3 is 2.74 bits per heavy atom. The molecule has 0 fully saturated rings. The van der Waals surface area contributed by atoms with Crippen molar-refractivity contribution in [3.05, 3.63) is 40.9 Å². The third-order valence-corrected chi connectivity index (χ3v) is 4.42. The summed E-state index contributed by atoms with van der Waals surface area (Å²) in [6, 6.07) is 7.33. The molecule has 1 unspecified atom stereocenters. The number of halogens is 1. The summed E-state index contributed by atoms with van der Waals surface area (Å²) in [6.45, 7) is 6.25. The lowest BCUT2D eigenvalue weighted by Crippen LogP contribution is -2.53. The Kier molecular flexibility index (Phi) is 6.28. The molecule has 0 aliphatic rings. The van der Waals surface area contributed by atoms with Crippen LogP contribution in [-0.4, -0.2) is 27.5 Å². The van der Waals surface area contributed by atoms with Crippen LogP contribution < -0.4 is 16.6 Å². The fraction of sp³-hybridized carbons (Fsp3) is 0.421. The van der Waals surface area contributed by atoms with Gasteiger partial charge in [0.1, 0.15) is 17.6 Å². The van der Waals surface area contributed by atoms with Crippen LogP contribution in [0.4, 0.5) is 0 Å². The Morgan fingerprint density at radius 2 is 2.07 bits per heavy atom. The number of carbonyl (C=O) groups is 1. The first-order chi connectivity index (χ1) is 12.3. The van der Waals surface area contributed by atoms with E-state index in [0.717, 1.165) is 11.8 Å². The van der Waals surface area contributed by atoms with Crippen LogP contribution in [0.1, 0.15) is 27.2 Å². The Morgan fingerprint density at radius 1 is 1.37 bits per heavy atom. The maximum atomic E-state index is 12.7. The third-order valence-electron chi connectivity index (χ3n) is 4.42. The molecular formula is C19H25ClN4O3. The van der Waals surface area contributed by atoms with Crippen molar-refractivity contribution < 1.29 is 9.21 Å². The molecule has 0 aliphatic carbocycles. The maximum Gasteiger partial charge on any atom is 0.297 e. The van der Waals surface area contributed by atoms with Gasteiger partial charge < -0.3 is 15.5 Å². The molecule has 1 amide bonds. The number of nitrogens with two attached hydrogens (primary N) is 1. The molecule has 0 spiro atoms. The van der Waals surface area contributed by atoms with Crippen molar-refractivity contribution in [1.82, 2.24) is 14.9 Å². The van der Waals surface area contributed by atoms with Crippen LogP contribution in [0, 0.1) is 5.92 Å². The first-order valence-corrected chi connectivity index (χ1v) is 8.71. The molecule has 0 bridgehead atoms. The summed E-state index contributed by atoms with van der Waals surface area (Å²) in [7, 11) is 0. The number of carbonyl (C=O) groups excluding carboxylic acids is 1. The van der Waals surface area contributed by atoms with Gasteiger partial charge in [0.15, 0.2) is 0 Å². The van der Waals surface area contributed by atoms with E-state index in [0.29, 0.717) is 23.6 Å². The minimum Gasteiger partial charge on any atom is -0.448 e. The van der Waals surface area contributed by atoms with E-state index in [1.54, 1.807) is 6.07 Å². The maximum absolute atomic E-state index is 12.7. The number of furan rings is 1. The quantitative estimate of drug-likeness (QED) is 0.670. The third kappa shape index (κ3) is 4.31. The summed E-state index contributed by atoms with van der Waals surface area (Å²) >= 11 is 0. The molecule has 0 aliphatic heterocycles. The lowest BCUT2D eigenvalue weighted by Gasteiger charge is -2.31. The molecule has 27 heavy (non-hydrogen) atoms. The summed E-state index contributed by atoms with van der Waals surface area (Å²) in [5, 5.41) is 3.72. The molecule has 0 saturated heterocycles. The number of aromatic nitrogens is 2. The molecule has 0 radical (unpaired) electrons. The molecule has 1 aromatic carbocycles. The predicted molar refractivity (Wildman–Crippen MR) is 108 cm³/mol. The van der Waals surface area contributed by atoms with E-state index >= 15 is 0 Å². The highest BCUT2D eigenvalue weighted by molar-refractivity contribution is 6.01. The molecule has 0 saturated carbocycles. The number of para-hydroxylation sites is 1. The van der Waals surface area contributed by atoms with Gasteiger partial charge in [0.05, 0.1) is 6.33 Å². The minimum atomic E-state index is -0.508. The number of rotatable bonds is 6. The zero-order chi connectivity index (χ0) is 18.9. The molecule has 3 rings (SSSR count). The molecular weight excluding hydrogens is 368 g/mol. The number of hydrogen-bond donors (Lipinski definition) is 2. The Hall–Kier alpha value is -2.38. The topological polar surface area (TPSA) is 103 Å². The van der Waals surface area contributed by atoms with Gasteiger partial charge in [0.2, 0.25) is 11.5 Å². The van der Waals surface area contributed by atoms with Crippen molar-refractivity contribution >= 4 is 40.4 Å². The predicted octanol–water partition coefficient (Wildman–Crippen LogP) is 2.44. The fourth-order valence-electron chi connectivity index (χ4n) is 3.35. The van der Waals surface area contributed by atoms with Gasteiger partial charge in [-0.05, 0) is 31.4 Å².